The van der Waals surface area contributed by atoms with Gasteiger partial charge in [-0.1, -0.05) is 36.4 Å². The minimum atomic E-state index is -0.865. The van der Waals surface area contributed by atoms with Gasteiger partial charge in [0.15, 0.2) is 0 Å². The van der Waals surface area contributed by atoms with E-state index < -0.39 is 5.97 Å². The Morgan fingerprint density at radius 3 is 2.44 bits per heavy atom. The molecule has 5 rings (SSSR count). The van der Waals surface area contributed by atoms with Gasteiger partial charge >= 0.3 is 5.97 Å². The number of hydrogen-bond acceptors (Lipinski definition) is 5. The van der Waals surface area contributed by atoms with Crippen LogP contribution < -0.4 is 15.4 Å². The first kappa shape index (κ1) is 24.3. The summed E-state index contributed by atoms with van der Waals surface area (Å²) in [5.74, 6) is -0.248. The van der Waals surface area contributed by atoms with Gasteiger partial charge in [-0.3, -0.25) is 4.79 Å². The number of nitrogens with two attached hydrogens (primary N) is 1. The highest BCUT2D eigenvalue weighted by Gasteiger charge is 2.43. The van der Waals surface area contributed by atoms with Gasteiger partial charge in [0.1, 0.15) is 12.4 Å². The summed E-state index contributed by atoms with van der Waals surface area (Å²) in [5.41, 5.74) is 12.8. The van der Waals surface area contributed by atoms with E-state index >= 15 is 0 Å². The molecule has 2 fully saturated rings. The molecule has 0 radical (unpaired) electrons. The first-order chi connectivity index (χ1) is 17.4. The van der Waals surface area contributed by atoms with E-state index in [1.165, 1.54) is 31.6 Å². The fourth-order valence-electron chi connectivity index (χ4n) is 5.75. The predicted molar refractivity (Wildman–Crippen MR) is 143 cm³/mol. The molecule has 2 saturated heterocycles. The van der Waals surface area contributed by atoms with Gasteiger partial charge in [0, 0.05) is 44.0 Å². The van der Waals surface area contributed by atoms with E-state index in [2.05, 4.69) is 59.3 Å². The maximum Gasteiger partial charge on any atom is 0.307 e. The maximum atomic E-state index is 11.3. The Labute approximate surface area is 213 Å². The van der Waals surface area contributed by atoms with Gasteiger partial charge in [0.2, 0.25) is 0 Å². The van der Waals surface area contributed by atoms with E-state index in [4.69, 9.17) is 10.5 Å². The van der Waals surface area contributed by atoms with Crippen molar-refractivity contribution in [3.8, 4) is 16.9 Å². The molecule has 0 amide bonds. The van der Waals surface area contributed by atoms with Crippen molar-refractivity contribution in [2.24, 2.45) is 11.1 Å². The summed E-state index contributed by atoms with van der Waals surface area (Å²) in [6.45, 7) is 5.41. The first-order valence-electron chi connectivity index (χ1n) is 12.7. The van der Waals surface area contributed by atoms with Crippen molar-refractivity contribution in [2.75, 3.05) is 38.1 Å². The van der Waals surface area contributed by atoms with E-state index in [-0.39, 0.29) is 6.42 Å². The van der Waals surface area contributed by atoms with Crippen LogP contribution in [0, 0.1) is 5.41 Å². The van der Waals surface area contributed by atoms with Crippen LogP contribution in [0.3, 0.4) is 0 Å². The molecule has 0 bridgehead atoms. The molecule has 0 atom stereocenters. The standard InChI is InChI=1S/C30H35N3O3/c1-32-20-30(21-32)9-11-33(12-10-30)27-15-23(14-26(16-27)24-7-4-5-22(13-24)18-31)19-36-28-8-3-2-6-25(28)17-29(34)35/h2-8,13-16H,9-12,17-21,31H2,1H3,(H,34,35). The third-order valence-corrected chi connectivity index (χ3v) is 7.58. The van der Waals surface area contributed by atoms with Gasteiger partial charge in [-0.05, 0) is 77.9 Å². The summed E-state index contributed by atoms with van der Waals surface area (Å²) in [5, 5.41) is 9.26. The zero-order chi connectivity index (χ0) is 25.1. The van der Waals surface area contributed by atoms with Crippen LogP contribution in [0.1, 0.15) is 29.5 Å². The van der Waals surface area contributed by atoms with Crippen LogP contribution in [0.2, 0.25) is 0 Å². The number of aliphatic carboxylic acids is 1. The third-order valence-electron chi connectivity index (χ3n) is 7.58. The number of piperidine rings is 1. The molecular weight excluding hydrogens is 450 g/mol. The zero-order valence-electron chi connectivity index (χ0n) is 21.0. The van der Waals surface area contributed by atoms with E-state index in [0.29, 0.717) is 29.9 Å². The van der Waals surface area contributed by atoms with Crippen molar-refractivity contribution in [3.63, 3.8) is 0 Å². The van der Waals surface area contributed by atoms with Crippen molar-refractivity contribution >= 4 is 11.7 Å². The number of carboxylic acid groups (broad SMARTS) is 1. The Bertz CT molecular complexity index is 1230. The molecule has 0 saturated carbocycles. The van der Waals surface area contributed by atoms with Gasteiger partial charge in [0.05, 0.1) is 6.42 Å². The highest BCUT2D eigenvalue weighted by molar-refractivity contribution is 5.72. The summed E-state index contributed by atoms with van der Waals surface area (Å²) < 4.78 is 6.17. The lowest BCUT2D eigenvalue weighted by Gasteiger charge is -2.53. The van der Waals surface area contributed by atoms with Crippen molar-refractivity contribution < 1.29 is 14.6 Å². The molecule has 6 nitrogen and oxygen atoms in total. The van der Waals surface area contributed by atoms with Crippen molar-refractivity contribution in [1.82, 2.24) is 4.90 Å². The van der Waals surface area contributed by atoms with Crippen LogP contribution in [0.4, 0.5) is 5.69 Å². The molecule has 3 N–H and O–H groups in total. The Balaban J connectivity index is 1.41. The van der Waals surface area contributed by atoms with Gasteiger partial charge < -0.3 is 25.4 Å². The van der Waals surface area contributed by atoms with Gasteiger partial charge in [-0.15, -0.1) is 0 Å². The monoisotopic (exact) mass is 485 g/mol. The van der Waals surface area contributed by atoms with Crippen LogP contribution >= 0.6 is 0 Å². The Morgan fingerprint density at radius 2 is 1.72 bits per heavy atom. The average Bonchev–Trinajstić information content (AvgIpc) is 2.87. The topological polar surface area (TPSA) is 79.0 Å². The fraction of sp³-hybridized carbons (Fsp3) is 0.367. The second-order valence-corrected chi connectivity index (χ2v) is 10.4. The number of ether oxygens (including phenoxy) is 1. The normalized spacial score (nSPS) is 17.1. The molecular formula is C30H35N3O3. The molecule has 3 aromatic carbocycles. The number of nitrogens with zero attached hydrogens (tertiary/aromatic N) is 2. The number of rotatable bonds is 8. The molecule has 2 aliphatic rings. The second-order valence-electron chi connectivity index (χ2n) is 10.4. The average molecular weight is 486 g/mol. The quantitative estimate of drug-likeness (QED) is 0.487. The molecule has 0 aliphatic carbocycles. The SMILES string of the molecule is CN1CC2(CCN(c3cc(COc4ccccc4CC(=O)O)cc(-c4cccc(CN)c4)c3)CC2)C1. The molecule has 6 heteroatoms. The maximum absolute atomic E-state index is 11.3. The van der Waals surface area contributed by atoms with Crippen LogP contribution in [0.5, 0.6) is 5.75 Å². The van der Waals surface area contributed by atoms with E-state index in [1.807, 2.05) is 24.3 Å². The Kier molecular flexibility index (Phi) is 6.99. The van der Waals surface area contributed by atoms with Crippen molar-refractivity contribution in [2.45, 2.75) is 32.4 Å². The summed E-state index contributed by atoms with van der Waals surface area (Å²) >= 11 is 0. The number of likely N-dealkylation sites (tertiary alicyclic amines) is 1. The smallest absolute Gasteiger partial charge is 0.307 e. The third kappa shape index (κ3) is 5.40. The van der Waals surface area contributed by atoms with Gasteiger partial charge in [-0.2, -0.15) is 0 Å². The van der Waals surface area contributed by atoms with Crippen molar-refractivity contribution in [3.05, 3.63) is 83.4 Å². The Hall–Kier alpha value is -3.35. The van der Waals surface area contributed by atoms with Crippen molar-refractivity contribution in [1.29, 1.82) is 0 Å². The zero-order valence-corrected chi connectivity index (χ0v) is 21.0. The van der Waals surface area contributed by atoms with Crippen LogP contribution in [-0.2, 0) is 24.4 Å². The second kappa shape index (κ2) is 10.3. The molecule has 1 spiro atoms. The minimum absolute atomic E-state index is 0.0575. The number of para-hydroxylation sites is 1. The predicted octanol–water partition coefficient (Wildman–Crippen LogP) is 4.55. The lowest BCUT2D eigenvalue weighted by molar-refractivity contribution is -0.136. The molecule has 0 unspecified atom stereocenters. The number of carbonyl (C=O) groups is 1. The minimum Gasteiger partial charge on any atom is -0.489 e. The molecule has 188 valence electrons. The number of carboxylic acids is 1. The Morgan fingerprint density at radius 1 is 0.972 bits per heavy atom. The number of benzene rings is 3. The highest BCUT2D eigenvalue weighted by atomic mass is 16.5. The molecule has 2 aliphatic heterocycles. The van der Waals surface area contributed by atoms with Crippen LogP contribution in [0.15, 0.2) is 66.7 Å². The largest absolute Gasteiger partial charge is 0.489 e. The first-order valence-corrected chi connectivity index (χ1v) is 12.7. The number of hydrogen-bond donors (Lipinski definition) is 2. The lowest BCUT2D eigenvalue weighted by Crippen LogP contribution is -2.58. The van der Waals surface area contributed by atoms with Gasteiger partial charge in [0.25, 0.3) is 0 Å². The lowest BCUT2D eigenvalue weighted by atomic mass is 9.72. The molecule has 0 aromatic heterocycles. The van der Waals surface area contributed by atoms with Crippen LogP contribution in [0.25, 0.3) is 11.1 Å². The van der Waals surface area contributed by atoms with Crippen LogP contribution in [-0.4, -0.2) is 49.2 Å². The van der Waals surface area contributed by atoms with E-state index in [1.54, 1.807) is 0 Å². The molecule has 36 heavy (non-hydrogen) atoms. The summed E-state index contributed by atoms with van der Waals surface area (Å²) in [7, 11) is 2.21. The van der Waals surface area contributed by atoms with E-state index in [9.17, 15) is 9.90 Å². The molecule has 2 heterocycles. The molecule has 3 aromatic rings. The summed E-state index contributed by atoms with van der Waals surface area (Å²) in [4.78, 5) is 16.2. The summed E-state index contributed by atoms with van der Waals surface area (Å²) in [6, 6.07) is 22.4. The number of anilines is 1. The van der Waals surface area contributed by atoms with Gasteiger partial charge in [-0.25, -0.2) is 0 Å². The highest BCUT2D eigenvalue weighted by Crippen LogP contribution is 2.41. The summed E-state index contributed by atoms with van der Waals surface area (Å²) in [6.07, 6.45) is 2.38. The fourth-order valence-corrected chi connectivity index (χ4v) is 5.75. The van der Waals surface area contributed by atoms with E-state index in [0.717, 1.165) is 35.3 Å².